The average molecular weight is 349 g/mol. The number of amides is 1. The van der Waals surface area contributed by atoms with Gasteiger partial charge in [0.2, 0.25) is 5.76 Å². The van der Waals surface area contributed by atoms with Crippen LogP contribution >= 0.6 is 0 Å². The molecule has 0 unspecified atom stereocenters. The van der Waals surface area contributed by atoms with Crippen molar-refractivity contribution in [2.45, 2.75) is 52.0 Å². The Balaban J connectivity index is 1.68. The van der Waals surface area contributed by atoms with Crippen molar-refractivity contribution in [3.8, 4) is 0 Å². The molecule has 3 heterocycles. The molecule has 1 aromatic heterocycles. The Morgan fingerprint density at radius 1 is 1.24 bits per heavy atom. The molecule has 0 N–H and O–H groups in total. The summed E-state index contributed by atoms with van der Waals surface area (Å²) in [6.07, 6.45) is 3.11. The summed E-state index contributed by atoms with van der Waals surface area (Å²) in [5, 5.41) is 4.15. The molecule has 0 bridgehead atoms. The Kier molecular flexibility index (Phi) is 6.12. The zero-order valence-corrected chi connectivity index (χ0v) is 15.7. The van der Waals surface area contributed by atoms with E-state index in [1.54, 1.807) is 0 Å². The summed E-state index contributed by atoms with van der Waals surface area (Å²) in [6, 6.07) is 2.28. The van der Waals surface area contributed by atoms with Crippen LogP contribution in [0, 0.1) is 5.92 Å². The smallest absolute Gasteiger partial charge is 0.292 e. The number of ether oxygens (including phenoxy) is 1. The van der Waals surface area contributed by atoms with Gasteiger partial charge >= 0.3 is 0 Å². The van der Waals surface area contributed by atoms with E-state index in [1.165, 1.54) is 0 Å². The van der Waals surface area contributed by atoms with Crippen molar-refractivity contribution in [2.75, 3.05) is 39.4 Å². The van der Waals surface area contributed by atoms with E-state index in [0.29, 0.717) is 23.6 Å². The number of aromatic nitrogens is 1. The molecule has 0 aliphatic carbocycles. The number of morpholine rings is 1. The minimum absolute atomic E-state index is 0.0149. The minimum Gasteiger partial charge on any atom is -0.379 e. The lowest BCUT2D eigenvalue weighted by Crippen LogP contribution is -2.47. The van der Waals surface area contributed by atoms with Crippen molar-refractivity contribution in [1.82, 2.24) is 15.0 Å². The van der Waals surface area contributed by atoms with Gasteiger partial charge in [0, 0.05) is 44.2 Å². The monoisotopic (exact) mass is 349 g/mol. The van der Waals surface area contributed by atoms with Gasteiger partial charge in [0.15, 0.2) is 0 Å². The molecule has 1 amide bonds. The van der Waals surface area contributed by atoms with Crippen LogP contribution in [0.2, 0.25) is 0 Å². The minimum atomic E-state index is -0.0149. The predicted octanol–water partition coefficient (Wildman–Crippen LogP) is 2.76. The normalized spacial score (nSPS) is 25.0. The highest BCUT2D eigenvalue weighted by atomic mass is 16.5. The van der Waals surface area contributed by atoms with E-state index in [2.05, 4.69) is 30.8 Å². The fourth-order valence-electron chi connectivity index (χ4n) is 4.19. The zero-order chi connectivity index (χ0) is 17.8. The van der Waals surface area contributed by atoms with Crippen molar-refractivity contribution < 1.29 is 14.1 Å². The number of carbonyl (C=O) groups is 1. The molecule has 3 rings (SSSR count). The first-order valence-corrected chi connectivity index (χ1v) is 9.75. The molecule has 2 fully saturated rings. The van der Waals surface area contributed by atoms with E-state index in [9.17, 15) is 4.79 Å². The topological polar surface area (TPSA) is 58.8 Å². The lowest BCUT2D eigenvalue weighted by atomic mass is 9.99. The first-order chi connectivity index (χ1) is 12.2. The van der Waals surface area contributed by atoms with E-state index >= 15 is 0 Å². The van der Waals surface area contributed by atoms with Crippen LogP contribution in [-0.2, 0) is 4.74 Å². The third-order valence-electron chi connectivity index (χ3n) is 5.88. The van der Waals surface area contributed by atoms with E-state index in [1.807, 2.05) is 11.0 Å². The second kappa shape index (κ2) is 8.32. The summed E-state index contributed by atoms with van der Waals surface area (Å²) in [7, 11) is 0. The number of hydrogen-bond donors (Lipinski definition) is 0. The molecule has 25 heavy (non-hydrogen) atoms. The van der Waals surface area contributed by atoms with Gasteiger partial charge in [0.05, 0.1) is 18.9 Å². The fraction of sp³-hybridized carbons (Fsp3) is 0.789. The molecule has 2 aliphatic rings. The summed E-state index contributed by atoms with van der Waals surface area (Å²) >= 11 is 0. The summed E-state index contributed by atoms with van der Waals surface area (Å²) in [5.41, 5.74) is 0.907. The predicted molar refractivity (Wildman–Crippen MR) is 95.7 cm³/mol. The van der Waals surface area contributed by atoms with E-state index in [0.717, 1.165) is 64.3 Å². The lowest BCUT2D eigenvalue weighted by molar-refractivity contribution is 0.0102. The first kappa shape index (κ1) is 18.4. The van der Waals surface area contributed by atoms with Gasteiger partial charge in [0.1, 0.15) is 0 Å². The number of carbonyl (C=O) groups excluding carboxylic acids is 1. The van der Waals surface area contributed by atoms with Crippen LogP contribution in [0.15, 0.2) is 10.6 Å². The largest absolute Gasteiger partial charge is 0.379 e. The molecule has 6 nitrogen and oxygen atoms in total. The van der Waals surface area contributed by atoms with Crippen molar-refractivity contribution in [3.05, 3.63) is 17.5 Å². The van der Waals surface area contributed by atoms with Crippen LogP contribution in [0.1, 0.15) is 62.2 Å². The van der Waals surface area contributed by atoms with Gasteiger partial charge in [-0.2, -0.15) is 0 Å². The summed E-state index contributed by atoms with van der Waals surface area (Å²) in [4.78, 5) is 17.3. The quantitative estimate of drug-likeness (QED) is 0.790. The Hall–Kier alpha value is -1.40. The lowest BCUT2D eigenvalue weighted by Gasteiger charge is -2.34. The third kappa shape index (κ3) is 3.90. The maximum absolute atomic E-state index is 12.9. The maximum Gasteiger partial charge on any atom is 0.292 e. The van der Waals surface area contributed by atoms with Crippen molar-refractivity contribution in [3.63, 3.8) is 0 Å². The molecule has 2 saturated heterocycles. The van der Waals surface area contributed by atoms with Gasteiger partial charge in [-0.15, -0.1) is 0 Å². The SMILES string of the molecule is CCC(CC)c1cc(C(=O)N2C[C@@H](CC)[C@@H](N3CCOCC3)C2)on1. The van der Waals surface area contributed by atoms with Crippen LogP contribution in [0.4, 0.5) is 0 Å². The van der Waals surface area contributed by atoms with Gasteiger partial charge in [-0.25, -0.2) is 0 Å². The molecule has 2 aliphatic heterocycles. The summed E-state index contributed by atoms with van der Waals surface area (Å²) in [5.74, 6) is 1.26. The standard InChI is InChI=1S/C19H31N3O3/c1-4-14(5-2)16-11-18(25-20-16)19(23)22-12-15(6-3)17(13-22)21-7-9-24-10-8-21/h11,14-15,17H,4-10,12-13H2,1-3H3/t15-,17+/m1/s1. The molecule has 6 heteroatoms. The third-order valence-corrected chi connectivity index (χ3v) is 5.88. The Morgan fingerprint density at radius 3 is 2.60 bits per heavy atom. The van der Waals surface area contributed by atoms with Gasteiger partial charge in [-0.3, -0.25) is 9.69 Å². The highest BCUT2D eigenvalue weighted by molar-refractivity contribution is 5.91. The zero-order valence-electron chi connectivity index (χ0n) is 15.7. The molecular formula is C19H31N3O3. The number of rotatable bonds is 6. The average Bonchev–Trinajstić information content (AvgIpc) is 3.30. The van der Waals surface area contributed by atoms with E-state index in [4.69, 9.17) is 9.26 Å². The Bertz CT molecular complexity index is 564. The highest BCUT2D eigenvalue weighted by Gasteiger charge is 2.39. The van der Waals surface area contributed by atoms with Crippen molar-refractivity contribution in [2.24, 2.45) is 5.92 Å². The molecule has 2 atom stereocenters. The molecule has 140 valence electrons. The maximum atomic E-state index is 12.9. The molecule has 0 aromatic carbocycles. The Morgan fingerprint density at radius 2 is 1.96 bits per heavy atom. The second-order valence-electron chi connectivity index (χ2n) is 7.22. The van der Waals surface area contributed by atoms with Crippen molar-refractivity contribution >= 4 is 5.91 Å². The van der Waals surface area contributed by atoms with Gasteiger partial charge in [-0.05, 0) is 18.8 Å². The number of nitrogens with zero attached hydrogens (tertiary/aromatic N) is 3. The van der Waals surface area contributed by atoms with Crippen LogP contribution in [0.3, 0.4) is 0 Å². The van der Waals surface area contributed by atoms with Crippen LogP contribution < -0.4 is 0 Å². The number of hydrogen-bond acceptors (Lipinski definition) is 5. The molecule has 0 spiro atoms. The van der Waals surface area contributed by atoms with Crippen LogP contribution in [-0.4, -0.2) is 66.3 Å². The van der Waals surface area contributed by atoms with Crippen LogP contribution in [0.5, 0.6) is 0 Å². The summed E-state index contributed by atoms with van der Waals surface area (Å²) < 4.78 is 10.9. The Labute approximate surface area is 150 Å². The highest BCUT2D eigenvalue weighted by Crippen LogP contribution is 2.28. The molecule has 0 radical (unpaired) electrons. The van der Waals surface area contributed by atoms with E-state index < -0.39 is 0 Å². The van der Waals surface area contributed by atoms with Gasteiger partial charge in [-0.1, -0.05) is 32.3 Å². The van der Waals surface area contributed by atoms with E-state index in [-0.39, 0.29) is 5.91 Å². The fourth-order valence-corrected chi connectivity index (χ4v) is 4.19. The van der Waals surface area contributed by atoms with Crippen molar-refractivity contribution in [1.29, 1.82) is 0 Å². The van der Waals surface area contributed by atoms with Crippen LogP contribution in [0.25, 0.3) is 0 Å². The second-order valence-corrected chi connectivity index (χ2v) is 7.22. The molecular weight excluding hydrogens is 318 g/mol. The molecule has 0 saturated carbocycles. The number of likely N-dealkylation sites (tertiary alicyclic amines) is 1. The van der Waals surface area contributed by atoms with Gasteiger partial charge in [0.25, 0.3) is 5.91 Å². The molecule has 1 aromatic rings. The first-order valence-electron chi connectivity index (χ1n) is 9.75. The summed E-state index contributed by atoms with van der Waals surface area (Å²) in [6.45, 7) is 11.6. The van der Waals surface area contributed by atoms with Gasteiger partial charge < -0.3 is 14.2 Å².